The Morgan fingerprint density at radius 2 is 2.17 bits per heavy atom. The lowest BCUT2D eigenvalue weighted by atomic mass is 9.98. The summed E-state index contributed by atoms with van der Waals surface area (Å²) in [5.41, 5.74) is 5.77. The van der Waals surface area contributed by atoms with Gasteiger partial charge in [0.15, 0.2) is 0 Å². The van der Waals surface area contributed by atoms with Crippen LogP contribution in [0, 0.1) is 11.7 Å². The van der Waals surface area contributed by atoms with Crippen molar-refractivity contribution < 1.29 is 14.0 Å². The highest BCUT2D eigenvalue weighted by Gasteiger charge is 2.23. The van der Waals surface area contributed by atoms with Gasteiger partial charge in [-0.05, 0) is 37.0 Å². The van der Waals surface area contributed by atoms with Gasteiger partial charge in [0.25, 0.3) is 0 Å². The highest BCUT2D eigenvalue weighted by Crippen LogP contribution is 2.16. The summed E-state index contributed by atoms with van der Waals surface area (Å²) in [5.74, 6) is -0.252. The molecule has 1 aliphatic heterocycles. The number of nitrogens with two attached hydrogens (primary N) is 1. The minimum Gasteiger partial charge on any atom is -0.341 e. The molecule has 8 heteroatoms. The molecule has 1 heterocycles. The van der Waals surface area contributed by atoms with Gasteiger partial charge in [0, 0.05) is 25.3 Å². The van der Waals surface area contributed by atoms with E-state index in [-0.39, 0.29) is 36.8 Å². The van der Waals surface area contributed by atoms with Crippen LogP contribution in [0.4, 0.5) is 14.9 Å². The smallest absolute Gasteiger partial charge is 0.319 e. The molecule has 0 bridgehead atoms. The topological polar surface area (TPSA) is 87.5 Å². The van der Waals surface area contributed by atoms with E-state index in [9.17, 15) is 14.0 Å². The van der Waals surface area contributed by atoms with Crippen LogP contribution in [0.1, 0.15) is 12.8 Å². The first-order valence-corrected chi connectivity index (χ1v) is 7.36. The molecule has 23 heavy (non-hydrogen) atoms. The lowest BCUT2D eigenvalue weighted by molar-refractivity contribution is -0.131. The maximum absolute atomic E-state index is 13.0. The van der Waals surface area contributed by atoms with Crippen LogP contribution in [0.5, 0.6) is 0 Å². The van der Waals surface area contributed by atoms with Gasteiger partial charge in [0.2, 0.25) is 5.91 Å². The van der Waals surface area contributed by atoms with Gasteiger partial charge in [0.05, 0.1) is 6.54 Å². The summed E-state index contributed by atoms with van der Waals surface area (Å²) in [5, 5.41) is 5.33. The third kappa shape index (κ3) is 6.03. The van der Waals surface area contributed by atoms with E-state index in [1.165, 1.54) is 18.2 Å². The molecule has 1 aliphatic rings. The first-order valence-electron chi connectivity index (χ1n) is 7.36. The Bertz CT molecular complexity index is 544. The van der Waals surface area contributed by atoms with Crippen LogP contribution in [-0.2, 0) is 4.79 Å². The highest BCUT2D eigenvalue weighted by molar-refractivity contribution is 5.89. The van der Waals surface area contributed by atoms with E-state index in [0.717, 1.165) is 19.4 Å². The second kappa shape index (κ2) is 9.32. The third-order valence-electron chi connectivity index (χ3n) is 3.68. The van der Waals surface area contributed by atoms with Crippen LogP contribution in [-0.4, -0.2) is 43.0 Å². The average Bonchev–Trinajstić information content (AvgIpc) is 2.52. The molecular weight excluding hydrogens is 323 g/mol. The van der Waals surface area contributed by atoms with Crippen LogP contribution < -0.4 is 16.4 Å². The zero-order valence-electron chi connectivity index (χ0n) is 12.8. The van der Waals surface area contributed by atoms with Crippen LogP contribution in [0.3, 0.4) is 0 Å². The Kier molecular flexibility index (Phi) is 7.77. The van der Waals surface area contributed by atoms with Crippen molar-refractivity contribution in [1.29, 1.82) is 0 Å². The fourth-order valence-corrected chi connectivity index (χ4v) is 2.57. The van der Waals surface area contributed by atoms with Gasteiger partial charge in [-0.25, -0.2) is 9.18 Å². The Balaban J connectivity index is 0.00000264. The molecule has 0 aromatic heterocycles. The van der Waals surface area contributed by atoms with Crippen LogP contribution >= 0.6 is 12.4 Å². The number of anilines is 1. The molecule has 6 nitrogen and oxygen atoms in total. The van der Waals surface area contributed by atoms with Crippen LogP contribution in [0.2, 0.25) is 0 Å². The quantitative estimate of drug-likeness (QED) is 0.774. The molecule has 1 atom stereocenters. The van der Waals surface area contributed by atoms with E-state index in [4.69, 9.17) is 5.73 Å². The molecular formula is C15H22ClFN4O2. The van der Waals surface area contributed by atoms with Gasteiger partial charge >= 0.3 is 6.03 Å². The molecule has 0 spiro atoms. The number of rotatable bonds is 4. The minimum atomic E-state index is -0.402. The molecule has 1 saturated heterocycles. The van der Waals surface area contributed by atoms with Crippen molar-refractivity contribution in [3.63, 3.8) is 0 Å². The third-order valence-corrected chi connectivity index (χ3v) is 3.68. The average molecular weight is 345 g/mol. The Labute approximate surface area is 141 Å². The van der Waals surface area contributed by atoms with Crippen molar-refractivity contribution in [3.8, 4) is 0 Å². The van der Waals surface area contributed by atoms with Gasteiger partial charge in [-0.1, -0.05) is 6.07 Å². The molecule has 1 aromatic rings. The molecule has 4 N–H and O–H groups in total. The molecule has 128 valence electrons. The van der Waals surface area contributed by atoms with Gasteiger partial charge in [-0.15, -0.1) is 12.4 Å². The van der Waals surface area contributed by atoms with E-state index in [1.54, 1.807) is 11.0 Å². The molecule has 0 radical (unpaired) electrons. The lowest BCUT2D eigenvalue weighted by Gasteiger charge is -2.32. The van der Waals surface area contributed by atoms with Crippen molar-refractivity contribution >= 4 is 30.0 Å². The van der Waals surface area contributed by atoms with Gasteiger partial charge < -0.3 is 21.3 Å². The fourth-order valence-electron chi connectivity index (χ4n) is 2.57. The summed E-state index contributed by atoms with van der Waals surface area (Å²) in [6.45, 7) is 1.81. The molecule has 1 unspecified atom stereocenters. The monoisotopic (exact) mass is 344 g/mol. The van der Waals surface area contributed by atoms with Crippen molar-refractivity contribution in [2.75, 3.05) is 31.5 Å². The van der Waals surface area contributed by atoms with Gasteiger partial charge in [-0.2, -0.15) is 0 Å². The van der Waals surface area contributed by atoms with Gasteiger partial charge in [-0.3, -0.25) is 4.79 Å². The summed E-state index contributed by atoms with van der Waals surface area (Å²) in [6, 6.07) is 5.33. The number of benzene rings is 1. The standard InChI is InChI=1S/C15H21FN4O2.ClH/c16-12-4-1-5-13(7-12)19-15(22)18-9-11-3-2-6-20(10-11)14(21)8-17;/h1,4-5,7,11H,2-3,6,8-10,17H2,(H2,18,19,22);1H. The summed E-state index contributed by atoms with van der Waals surface area (Å²) < 4.78 is 13.0. The number of urea groups is 1. The molecule has 1 fully saturated rings. The maximum atomic E-state index is 13.0. The van der Waals surface area contributed by atoms with Crippen LogP contribution in [0.25, 0.3) is 0 Å². The normalized spacial score (nSPS) is 17.1. The van der Waals surface area contributed by atoms with E-state index < -0.39 is 5.82 Å². The minimum absolute atomic E-state index is 0. The molecule has 1 aromatic carbocycles. The number of carbonyl (C=O) groups excluding carboxylic acids is 2. The Morgan fingerprint density at radius 1 is 1.39 bits per heavy atom. The number of carbonyl (C=O) groups is 2. The number of nitrogens with zero attached hydrogens (tertiary/aromatic N) is 1. The number of piperidine rings is 1. The zero-order valence-corrected chi connectivity index (χ0v) is 13.6. The Morgan fingerprint density at radius 3 is 2.87 bits per heavy atom. The van der Waals surface area contributed by atoms with E-state index in [2.05, 4.69) is 10.6 Å². The molecule has 3 amide bonds. The first kappa shape index (κ1) is 19.2. The fraction of sp³-hybridized carbons (Fsp3) is 0.467. The summed E-state index contributed by atoms with van der Waals surface area (Å²) >= 11 is 0. The number of nitrogens with one attached hydrogen (secondary N) is 2. The summed E-state index contributed by atoms with van der Waals surface area (Å²) in [7, 11) is 0. The largest absolute Gasteiger partial charge is 0.341 e. The number of amides is 3. The SMILES string of the molecule is Cl.NCC(=O)N1CCCC(CNC(=O)Nc2cccc(F)c2)C1. The van der Waals surface area contributed by atoms with Crippen molar-refractivity contribution in [1.82, 2.24) is 10.2 Å². The maximum Gasteiger partial charge on any atom is 0.319 e. The number of halogens is 2. The highest BCUT2D eigenvalue weighted by atomic mass is 35.5. The molecule has 0 saturated carbocycles. The van der Waals surface area contributed by atoms with E-state index in [0.29, 0.717) is 18.8 Å². The second-order valence-corrected chi connectivity index (χ2v) is 5.40. The second-order valence-electron chi connectivity index (χ2n) is 5.40. The number of likely N-dealkylation sites (tertiary alicyclic amines) is 1. The Hall–Kier alpha value is -1.86. The van der Waals surface area contributed by atoms with E-state index >= 15 is 0 Å². The molecule has 2 rings (SSSR count). The number of hydrogen-bond acceptors (Lipinski definition) is 3. The van der Waals surface area contributed by atoms with Crippen LogP contribution in [0.15, 0.2) is 24.3 Å². The zero-order chi connectivity index (χ0) is 15.9. The van der Waals surface area contributed by atoms with E-state index in [1.807, 2.05) is 0 Å². The summed E-state index contributed by atoms with van der Waals surface area (Å²) in [6.07, 6.45) is 1.86. The van der Waals surface area contributed by atoms with Crippen molar-refractivity contribution in [2.45, 2.75) is 12.8 Å². The summed E-state index contributed by atoms with van der Waals surface area (Å²) in [4.78, 5) is 25.1. The van der Waals surface area contributed by atoms with Crippen molar-refractivity contribution in [2.24, 2.45) is 11.7 Å². The van der Waals surface area contributed by atoms with Gasteiger partial charge in [0.1, 0.15) is 5.82 Å². The molecule has 0 aliphatic carbocycles. The predicted molar refractivity (Wildman–Crippen MR) is 89.0 cm³/mol. The van der Waals surface area contributed by atoms with Crippen molar-refractivity contribution in [3.05, 3.63) is 30.1 Å². The lowest BCUT2D eigenvalue weighted by Crippen LogP contribution is -2.46. The number of hydrogen-bond donors (Lipinski definition) is 3. The predicted octanol–water partition coefficient (Wildman–Crippen LogP) is 1.57. The first-order chi connectivity index (χ1) is 10.6.